The monoisotopic (exact) mass is 508 g/mol. The molecule has 9 nitrogen and oxygen atoms in total. The molecule has 2 N–H and O–H groups in total. The summed E-state index contributed by atoms with van der Waals surface area (Å²) in [6.07, 6.45) is 2.45. The second-order valence-corrected chi connectivity index (χ2v) is 10.5. The minimum absolute atomic E-state index is 0.0328. The van der Waals surface area contributed by atoms with E-state index in [1.165, 1.54) is 19.3 Å². The number of aromatic nitrogens is 3. The van der Waals surface area contributed by atoms with E-state index in [4.69, 9.17) is 0 Å². The van der Waals surface area contributed by atoms with Gasteiger partial charge in [-0.2, -0.15) is 17.7 Å². The zero-order valence-corrected chi connectivity index (χ0v) is 19.6. The molecule has 1 atom stereocenters. The minimum atomic E-state index is -4.27. The van der Waals surface area contributed by atoms with Gasteiger partial charge in [-0.1, -0.05) is 0 Å². The molecule has 1 saturated carbocycles. The molecule has 3 aromatic rings. The maximum absolute atomic E-state index is 15.4. The van der Waals surface area contributed by atoms with Gasteiger partial charge in [0.25, 0.3) is 5.56 Å². The molecule has 2 aromatic heterocycles. The zero-order valence-electron chi connectivity index (χ0n) is 18.8. The fraction of sp³-hybridized carbons (Fsp3) is 0.409. The molecule has 35 heavy (non-hydrogen) atoms. The number of halogens is 3. The van der Waals surface area contributed by atoms with Crippen LogP contribution in [0.15, 0.2) is 29.2 Å². The van der Waals surface area contributed by atoms with Crippen LogP contribution in [0.3, 0.4) is 0 Å². The Morgan fingerprint density at radius 1 is 1.20 bits per heavy atom. The number of fused-ring (bicyclic) bond motifs is 1. The van der Waals surface area contributed by atoms with Crippen molar-refractivity contribution in [3.8, 4) is 11.1 Å². The number of hydrogen-bond donors (Lipinski definition) is 2. The Bertz CT molecular complexity index is 1480. The van der Waals surface area contributed by atoms with Crippen LogP contribution in [0, 0.1) is 17.6 Å². The van der Waals surface area contributed by atoms with Gasteiger partial charge >= 0.3 is 10.2 Å². The lowest BCUT2D eigenvalue weighted by Gasteiger charge is -2.18. The standard InChI is InChI=1S/C22H23F3N6O3S/c1-30-20-13(10-27-22(28-20)26-9-12-2-3-12)8-15(21(30)32)18-16(24)4-5-17(19(18)25)29-35(33,34)31-7-6-14(23)11-31/h4-5,8,10,12,14,29H,2-3,6-7,9,11H2,1H3,(H,26,27,28)/t14-/m1/s1. The quantitative estimate of drug-likeness (QED) is 0.508. The predicted octanol–water partition coefficient (Wildman–Crippen LogP) is 2.80. The summed E-state index contributed by atoms with van der Waals surface area (Å²) in [5.41, 5.74) is -2.00. The van der Waals surface area contributed by atoms with Crippen molar-refractivity contribution in [2.24, 2.45) is 13.0 Å². The fourth-order valence-corrected chi connectivity index (χ4v) is 5.32. The molecule has 0 unspecified atom stereocenters. The molecule has 0 amide bonds. The van der Waals surface area contributed by atoms with Gasteiger partial charge in [-0.05, 0) is 43.4 Å². The number of benzene rings is 1. The third-order valence-corrected chi connectivity index (χ3v) is 7.72. The maximum atomic E-state index is 15.4. The molecule has 2 aliphatic rings. The Morgan fingerprint density at radius 2 is 1.97 bits per heavy atom. The van der Waals surface area contributed by atoms with E-state index >= 15 is 4.39 Å². The second kappa shape index (κ2) is 8.79. The van der Waals surface area contributed by atoms with Crippen LogP contribution < -0.4 is 15.6 Å². The first-order chi connectivity index (χ1) is 16.6. The van der Waals surface area contributed by atoms with Crippen LogP contribution in [0.1, 0.15) is 19.3 Å². The third kappa shape index (κ3) is 4.57. The first kappa shape index (κ1) is 23.5. The summed E-state index contributed by atoms with van der Waals surface area (Å²) in [5, 5.41) is 3.49. The van der Waals surface area contributed by atoms with E-state index in [2.05, 4.69) is 15.3 Å². The van der Waals surface area contributed by atoms with Crippen molar-refractivity contribution in [3.63, 3.8) is 0 Å². The number of aryl methyl sites for hydroxylation is 1. The van der Waals surface area contributed by atoms with Gasteiger partial charge < -0.3 is 5.32 Å². The van der Waals surface area contributed by atoms with Gasteiger partial charge in [0.2, 0.25) is 5.95 Å². The van der Waals surface area contributed by atoms with Crippen molar-refractivity contribution in [1.82, 2.24) is 18.8 Å². The van der Waals surface area contributed by atoms with Crippen LogP contribution in [0.5, 0.6) is 0 Å². The summed E-state index contributed by atoms with van der Waals surface area (Å²) in [4.78, 5) is 21.7. The Kier molecular flexibility index (Phi) is 5.91. The molecule has 2 fully saturated rings. The highest BCUT2D eigenvalue weighted by Crippen LogP contribution is 2.32. The molecule has 1 aliphatic carbocycles. The minimum Gasteiger partial charge on any atom is -0.354 e. The molecular weight excluding hydrogens is 485 g/mol. The summed E-state index contributed by atoms with van der Waals surface area (Å²) >= 11 is 0. The van der Waals surface area contributed by atoms with Crippen LogP contribution in [0.4, 0.5) is 24.8 Å². The average Bonchev–Trinajstić information content (AvgIpc) is 3.55. The highest BCUT2D eigenvalue weighted by atomic mass is 32.2. The van der Waals surface area contributed by atoms with E-state index in [0.717, 1.165) is 40.4 Å². The number of alkyl halides is 1. The zero-order chi connectivity index (χ0) is 24.9. The molecule has 13 heteroatoms. The van der Waals surface area contributed by atoms with E-state index in [0.29, 0.717) is 17.3 Å². The van der Waals surface area contributed by atoms with E-state index in [1.807, 2.05) is 4.72 Å². The van der Waals surface area contributed by atoms with Crippen LogP contribution >= 0.6 is 0 Å². The highest BCUT2D eigenvalue weighted by molar-refractivity contribution is 7.90. The summed E-state index contributed by atoms with van der Waals surface area (Å²) in [5.74, 6) is -1.38. The summed E-state index contributed by atoms with van der Waals surface area (Å²) in [7, 11) is -2.85. The van der Waals surface area contributed by atoms with Crippen molar-refractivity contribution < 1.29 is 21.6 Å². The molecular formula is C22H23F3N6O3S. The first-order valence-electron chi connectivity index (χ1n) is 11.1. The Balaban J connectivity index is 1.53. The van der Waals surface area contributed by atoms with Gasteiger partial charge in [0.1, 0.15) is 17.6 Å². The molecule has 0 bridgehead atoms. The van der Waals surface area contributed by atoms with Gasteiger partial charge in [-0.25, -0.2) is 18.2 Å². The average molecular weight is 509 g/mol. The lowest BCUT2D eigenvalue weighted by atomic mass is 10.0. The van der Waals surface area contributed by atoms with Crippen LogP contribution in [0.25, 0.3) is 22.2 Å². The lowest BCUT2D eigenvalue weighted by molar-refractivity contribution is 0.343. The largest absolute Gasteiger partial charge is 0.354 e. The predicted molar refractivity (Wildman–Crippen MR) is 125 cm³/mol. The first-order valence-corrected chi connectivity index (χ1v) is 12.6. The third-order valence-electron chi connectivity index (χ3n) is 6.23. The number of hydrogen-bond acceptors (Lipinski definition) is 6. The SMILES string of the molecule is Cn1c(=O)c(-c2c(F)ccc(NS(=O)(=O)N3CC[C@@H](F)C3)c2F)cc2cnc(NCC3CC3)nc21. The van der Waals surface area contributed by atoms with Crippen molar-refractivity contribution in [1.29, 1.82) is 0 Å². The highest BCUT2D eigenvalue weighted by Gasteiger charge is 2.32. The molecule has 1 saturated heterocycles. The molecule has 3 heterocycles. The number of nitrogens with one attached hydrogen (secondary N) is 2. The molecule has 1 aromatic carbocycles. The smallest absolute Gasteiger partial charge is 0.301 e. The fourth-order valence-electron chi connectivity index (χ4n) is 4.06. The van der Waals surface area contributed by atoms with Crippen molar-refractivity contribution in [2.45, 2.75) is 25.4 Å². The number of nitrogens with zero attached hydrogens (tertiary/aromatic N) is 4. The Morgan fingerprint density at radius 3 is 2.66 bits per heavy atom. The van der Waals surface area contributed by atoms with E-state index in [9.17, 15) is 22.0 Å². The second-order valence-electron chi connectivity index (χ2n) is 8.85. The lowest BCUT2D eigenvalue weighted by Crippen LogP contribution is -2.34. The summed E-state index contributed by atoms with van der Waals surface area (Å²) in [6.45, 7) is 0.308. The number of anilines is 2. The number of rotatable bonds is 7. The van der Waals surface area contributed by atoms with E-state index < -0.39 is 44.8 Å². The normalized spacial score (nSPS) is 18.8. The van der Waals surface area contributed by atoms with Crippen LogP contribution in [-0.2, 0) is 17.3 Å². The molecule has 5 rings (SSSR count). The molecule has 0 spiro atoms. The Labute approximate surface area is 199 Å². The number of pyridine rings is 1. The van der Waals surface area contributed by atoms with Crippen LogP contribution in [-0.4, -0.2) is 53.1 Å². The molecule has 186 valence electrons. The van der Waals surface area contributed by atoms with Gasteiger partial charge in [-0.15, -0.1) is 0 Å². The van der Waals surface area contributed by atoms with Crippen LogP contribution in [0.2, 0.25) is 0 Å². The van der Waals surface area contributed by atoms with Gasteiger partial charge in [0.05, 0.1) is 16.8 Å². The summed E-state index contributed by atoms with van der Waals surface area (Å²) < 4.78 is 72.9. The van der Waals surface area contributed by atoms with E-state index in [-0.39, 0.29) is 30.7 Å². The van der Waals surface area contributed by atoms with E-state index in [1.54, 1.807) is 0 Å². The summed E-state index contributed by atoms with van der Waals surface area (Å²) in [6, 6.07) is 3.06. The maximum Gasteiger partial charge on any atom is 0.301 e. The van der Waals surface area contributed by atoms with Gasteiger partial charge in [0, 0.05) is 38.3 Å². The van der Waals surface area contributed by atoms with Crippen molar-refractivity contribution in [2.75, 3.05) is 29.7 Å². The van der Waals surface area contributed by atoms with Gasteiger partial charge in [0.15, 0.2) is 5.82 Å². The van der Waals surface area contributed by atoms with Gasteiger partial charge in [-0.3, -0.25) is 14.1 Å². The van der Waals surface area contributed by atoms with Crippen molar-refractivity contribution >= 4 is 32.9 Å². The Hall–Kier alpha value is -3.19. The molecule has 0 radical (unpaired) electrons. The van der Waals surface area contributed by atoms with Crippen molar-refractivity contribution in [3.05, 3.63) is 46.4 Å². The topological polar surface area (TPSA) is 109 Å². The molecule has 1 aliphatic heterocycles.